The summed E-state index contributed by atoms with van der Waals surface area (Å²) in [6.45, 7) is 0.927. The van der Waals surface area contributed by atoms with Gasteiger partial charge in [0.05, 0.1) is 6.61 Å². The molecule has 1 heterocycles. The number of nitrogens with zero attached hydrogens (tertiary/aromatic N) is 3. The van der Waals surface area contributed by atoms with Gasteiger partial charge in [0.1, 0.15) is 5.69 Å². The third-order valence-corrected chi connectivity index (χ3v) is 3.09. The fraction of sp³-hybridized carbons (Fsp3) is 0.312. The summed E-state index contributed by atoms with van der Waals surface area (Å²) < 4.78 is 4.89. The van der Waals surface area contributed by atoms with Crippen molar-refractivity contribution in [2.24, 2.45) is 0 Å². The van der Waals surface area contributed by atoms with E-state index in [0.29, 0.717) is 18.8 Å². The Morgan fingerprint density at radius 1 is 1.26 bits per heavy atom. The predicted octanol–water partition coefficient (Wildman–Crippen LogP) is 1.98. The third-order valence-electron chi connectivity index (χ3n) is 3.09. The molecule has 0 spiro atoms. The Hall–Kier alpha value is -2.67. The van der Waals surface area contributed by atoms with Crippen LogP contribution in [0.3, 0.4) is 0 Å². The van der Waals surface area contributed by atoms with Crippen molar-refractivity contribution in [3.05, 3.63) is 36.7 Å². The summed E-state index contributed by atoms with van der Waals surface area (Å²) in [6.07, 6.45) is 3.31. The highest BCUT2D eigenvalue weighted by molar-refractivity contribution is 5.90. The van der Waals surface area contributed by atoms with Crippen LogP contribution in [0, 0.1) is 0 Å². The van der Waals surface area contributed by atoms with E-state index in [4.69, 9.17) is 4.74 Å². The Kier molecular flexibility index (Phi) is 5.87. The molecule has 23 heavy (non-hydrogen) atoms. The molecule has 2 N–H and O–H groups in total. The number of carbonyl (C=O) groups excluding carboxylic acids is 1. The molecule has 1 aromatic heterocycles. The number of aromatic nitrogens is 2. The zero-order chi connectivity index (χ0) is 16.7. The first kappa shape index (κ1) is 16.7. The Balaban J connectivity index is 2.16. The van der Waals surface area contributed by atoms with E-state index in [1.54, 1.807) is 19.5 Å². The average molecular weight is 315 g/mol. The van der Waals surface area contributed by atoms with Crippen LogP contribution < -0.4 is 15.5 Å². The van der Waals surface area contributed by atoms with Crippen LogP contribution in [0.4, 0.5) is 16.3 Å². The van der Waals surface area contributed by atoms with Gasteiger partial charge in [-0.15, -0.1) is 0 Å². The Morgan fingerprint density at radius 3 is 2.78 bits per heavy atom. The molecular formula is C16H21N5O2. The topological polar surface area (TPSA) is 79.4 Å². The highest BCUT2D eigenvalue weighted by Crippen LogP contribution is 2.27. The van der Waals surface area contributed by atoms with Gasteiger partial charge in [-0.05, 0) is 12.1 Å². The van der Waals surface area contributed by atoms with Gasteiger partial charge in [0.2, 0.25) is 0 Å². The van der Waals surface area contributed by atoms with Crippen LogP contribution in [0.1, 0.15) is 0 Å². The first-order valence-electron chi connectivity index (χ1n) is 7.24. The lowest BCUT2D eigenvalue weighted by atomic mass is 10.1. The fourth-order valence-electron chi connectivity index (χ4n) is 2.05. The SMILES string of the molecule is COCCNC(=O)Nc1cccc(-c2nccnc2N(C)C)c1. The van der Waals surface area contributed by atoms with Gasteiger partial charge in [-0.1, -0.05) is 12.1 Å². The molecule has 0 saturated heterocycles. The quantitative estimate of drug-likeness (QED) is 0.797. The van der Waals surface area contributed by atoms with Crippen molar-refractivity contribution >= 4 is 17.5 Å². The molecule has 0 radical (unpaired) electrons. The normalized spacial score (nSPS) is 10.2. The molecule has 2 amide bonds. The fourth-order valence-corrected chi connectivity index (χ4v) is 2.05. The van der Waals surface area contributed by atoms with E-state index in [0.717, 1.165) is 17.1 Å². The lowest BCUT2D eigenvalue weighted by Crippen LogP contribution is -2.31. The molecular weight excluding hydrogens is 294 g/mol. The molecule has 122 valence electrons. The zero-order valence-corrected chi connectivity index (χ0v) is 13.5. The van der Waals surface area contributed by atoms with E-state index >= 15 is 0 Å². The van der Waals surface area contributed by atoms with E-state index in [1.807, 2.05) is 43.3 Å². The van der Waals surface area contributed by atoms with Gasteiger partial charge in [0.25, 0.3) is 0 Å². The molecule has 2 rings (SSSR count). The highest BCUT2D eigenvalue weighted by atomic mass is 16.5. The minimum Gasteiger partial charge on any atom is -0.383 e. The number of hydrogen-bond donors (Lipinski definition) is 2. The molecule has 0 saturated carbocycles. The summed E-state index contributed by atoms with van der Waals surface area (Å²) in [5, 5.41) is 5.50. The monoisotopic (exact) mass is 315 g/mol. The summed E-state index contributed by atoms with van der Waals surface area (Å²) in [5.41, 5.74) is 2.34. The largest absolute Gasteiger partial charge is 0.383 e. The van der Waals surface area contributed by atoms with Crippen LogP contribution in [-0.2, 0) is 4.74 Å². The van der Waals surface area contributed by atoms with Crippen molar-refractivity contribution in [1.82, 2.24) is 15.3 Å². The van der Waals surface area contributed by atoms with E-state index < -0.39 is 0 Å². The first-order valence-corrected chi connectivity index (χ1v) is 7.24. The van der Waals surface area contributed by atoms with E-state index in [-0.39, 0.29) is 6.03 Å². The summed E-state index contributed by atoms with van der Waals surface area (Å²) in [4.78, 5) is 22.4. The second-order valence-corrected chi connectivity index (χ2v) is 5.08. The molecule has 1 aromatic carbocycles. The maximum Gasteiger partial charge on any atom is 0.319 e. The summed E-state index contributed by atoms with van der Waals surface area (Å²) >= 11 is 0. The van der Waals surface area contributed by atoms with Crippen LogP contribution in [-0.4, -0.2) is 50.4 Å². The lowest BCUT2D eigenvalue weighted by Gasteiger charge is -2.15. The van der Waals surface area contributed by atoms with Crippen molar-refractivity contribution < 1.29 is 9.53 Å². The summed E-state index contributed by atoms with van der Waals surface area (Å²) in [7, 11) is 5.42. The van der Waals surface area contributed by atoms with Crippen LogP contribution in [0.5, 0.6) is 0 Å². The number of rotatable bonds is 6. The lowest BCUT2D eigenvalue weighted by molar-refractivity contribution is 0.198. The number of urea groups is 1. The summed E-state index contributed by atoms with van der Waals surface area (Å²) in [6, 6.07) is 7.23. The number of carbonyl (C=O) groups is 1. The maximum absolute atomic E-state index is 11.8. The van der Waals surface area contributed by atoms with Crippen molar-refractivity contribution in [2.75, 3.05) is 44.6 Å². The van der Waals surface area contributed by atoms with Crippen molar-refractivity contribution in [3.8, 4) is 11.3 Å². The molecule has 0 aliphatic rings. The predicted molar refractivity (Wildman–Crippen MR) is 90.7 cm³/mol. The molecule has 0 atom stereocenters. The number of anilines is 2. The first-order chi connectivity index (χ1) is 11.1. The number of amides is 2. The van der Waals surface area contributed by atoms with Gasteiger partial charge in [0.15, 0.2) is 5.82 Å². The van der Waals surface area contributed by atoms with Gasteiger partial charge in [-0.25, -0.2) is 9.78 Å². The van der Waals surface area contributed by atoms with Crippen molar-refractivity contribution in [3.63, 3.8) is 0 Å². The summed E-state index contributed by atoms with van der Waals surface area (Å²) in [5.74, 6) is 0.772. The van der Waals surface area contributed by atoms with E-state index in [1.165, 1.54) is 0 Å². The van der Waals surface area contributed by atoms with Crippen molar-refractivity contribution in [2.45, 2.75) is 0 Å². The molecule has 0 aliphatic heterocycles. The van der Waals surface area contributed by atoms with E-state index in [9.17, 15) is 4.79 Å². The smallest absolute Gasteiger partial charge is 0.319 e. The van der Waals surface area contributed by atoms with Crippen LogP contribution in [0.2, 0.25) is 0 Å². The third kappa shape index (κ3) is 4.65. The number of benzene rings is 1. The average Bonchev–Trinajstić information content (AvgIpc) is 2.55. The van der Waals surface area contributed by atoms with Crippen LogP contribution in [0.25, 0.3) is 11.3 Å². The Labute approximate surface area is 135 Å². The molecule has 0 unspecified atom stereocenters. The molecule has 0 aliphatic carbocycles. The number of hydrogen-bond acceptors (Lipinski definition) is 5. The van der Waals surface area contributed by atoms with Crippen LogP contribution >= 0.6 is 0 Å². The molecule has 7 nitrogen and oxygen atoms in total. The molecule has 7 heteroatoms. The maximum atomic E-state index is 11.8. The van der Waals surface area contributed by atoms with Gasteiger partial charge in [0, 0.05) is 51.4 Å². The van der Waals surface area contributed by atoms with E-state index in [2.05, 4.69) is 20.6 Å². The number of nitrogens with one attached hydrogen (secondary N) is 2. The second kappa shape index (κ2) is 8.09. The highest BCUT2D eigenvalue weighted by Gasteiger charge is 2.10. The minimum atomic E-state index is -0.272. The molecule has 2 aromatic rings. The number of ether oxygens (including phenoxy) is 1. The molecule has 0 bridgehead atoms. The standard InChI is InChI=1S/C16H21N5O2/c1-21(2)15-14(17-7-8-18-15)12-5-4-6-13(11-12)20-16(22)19-9-10-23-3/h4-8,11H,9-10H2,1-3H3,(H2,19,20,22). The van der Waals surface area contributed by atoms with Gasteiger partial charge >= 0.3 is 6.03 Å². The van der Waals surface area contributed by atoms with Gasteiger partial charge in [-0.3, -0.25) is 4.98 Å². The van der Waals surface area contributed by atoms with Gasteiger partial charge in [-0.2, -0.15) is 0 Å². The number of methoxy groups -OCH3 is 1. The van der Waals surface area contributed by atoms with Crippen molar-refractivity contribution in [1.29, 1.82) is 0 Å². The second-order valence-electron chi connectivity index (χ2n) is 5.08. The van der Waals surface area contributed by atoms with Crippen LogP contribution in [0.15, 0.2) is 36.7 Å². The van der Waals surface area contributed by atoms with Gasteiger partial charge < -0.3 is 20.3 Å². The Bertz CT molecular complexity index is 660. The zero-order valence-electron chi connectivity index (χ0n) is 13.5. The minimum absolute atomic E-state index is 0.272. The molecule has 0 fully saturated rings. The Morgan fingerprint density at radius 2 is 2.04 bits per heavy atom.